The molecule has 0 saturated carbocycles. The molecule has 1 amide bonds. The van der Waals surface area contributed by atoms with E-state index >= 15 is 0 Å². The van der Waals surface area contributed by atoms with E-state index in [1.807, 2.05) is 0 Å². The number of hydrogen-bond acceptors (Lipinski definition) is 6. The topological polar surface area (TPSA) is 93.8 Å². The Kier molecular flexibility index (Phi) is 5.81. The van der Waals surface area contributed by atoms with Gasteiger partial charge in [0.25, 0.3) is 0 Å². The van der Waals surface area contributed by atoms with Crippen LogP contribution in [0.25, 0.3) is 0 Å². The summed E-state index contributed by atoms with van der Waals surface area (Å²) in [5, 5.41) is 16.9. The van der Waals surface area contributed by atoms with Crippen molar-refractivity contribution in [1.29, 1.82) is 0 Å². The Morgan fingerprint density at radius 1 is 1.33 bits per heavy atom. The van der Waals surface area contributed by atoms with Gasteiger partial charge in [0.2, 0.25) is 5.91 Å². The van der Waals surface area contributed by atoms with Crippen LogP contribution in [-0.2, 0) is 11.2 Å². The van der Waals surface area contributed by atoms with Crippen LogP contribution in [0.5, 0.6) is 11.5 Å². The molecule has 2 rings (SSSR count). The van der Waals surface area contributed by atoms with Crippen molar-refractivity contribution in [2.24, 2.45) is 0 Å². The molecule has 1 atom stereocenters. The number of hydrogen-bond donors (Lipinski definition) is 2. The maximum atomic E-state index is 12.1. The van der Waals surface area contributed by atoms with Crippen LogP contribution >= 0.6 is 0 Å². The molecule has 0 aliphatic carbocycles. The van der Waals surface area contributed by atoms with Gasteiger partial charge in [-0.15, -0.1) is 0 Å². The summed E-state index contributed by atoms with van der Waals surface area (Å²) in [5.74, 6) is 1.54. The van der Waals surface area contributed by atoms with Crippen molar-refractivity contribution in [3.63, 3.8) is 0 Å². The quantitative estimate of drug-likeness (QED) is 0.800. The molecule has 0 radical (unpaired) electrons. The van der Waals surface area contributed by atoms with E-state index in [9.17, 15) is 9.90 Å². The van der Waals surface area contributed by atoms with Gasteiger partial charge in [-0.2, -0.15) is 0 Å². The molecule has 1 heterocycles. The number of nitrogens with zero attached hydrogens (tertiary/aromatic N) is 1. The third-order valence-corrected chi connectivity index (χ3v) is 3.81. The summed E-state index contributed by atoms with van der Waals surface area (Å²) in [6.07, 6.45) is -0.757. The van der Waals surface area contributed by atoms with Crippen LogP contribution in [0.4, 0.5) is 0 Å². The molecule has 2 N–H and O–H groups in total. The Bertz CT molecular complexity index is 692. The molecule has 0 fully saturated rings. The van der Waals surface area contributed by atoms with E-state index in [1.165, 1.54) is 7.11 Å². The van der Waals surface area contributed by atoms with E-state index < -0.39 is 6.10 Å². The molecule has 0 unspecified atom stereocenters. The maximum absolute atomic E-state index is 12.1. The van der Waals surface area contributed by atoms with Crippen LogP contribution in [0.2, 0.25) is 0 Å². The van der Waals surface area contributed by atoms with Crippen LogP contribution in [-0.4, -0.2) is 36.9 Å². The molecule has 130 valence electrons. The summed E-state index contributed by atoms with van der Waals surface area (Å²) in [4.78, 5) is 12.1. The highest BCUT2D eigenvalue weighted by molar-refractivity contribution is 5.79. The number of ether oxygens (including phenoxy) is 2. The van der Waals surface area contributed by atoms with Crippen LogP contribution in [0.1, 0.15) is 28.7 Å². The molecule has 0 spiro atoms. The first-order valence-corrected chi connectivity index (χ1v) is 7.54. The number of benzene rings is 1. The Morgan fingerprint density at radius 3 is 2.67 bits per heavy atom. The number of aliphatic hydroxyl groups is 1. The fraction of sp³-hybridized carbons (Fsp3) is 0.412. The number of aliphatic hydroxyl groups excluding tert-OH is 1. The first-order chi connectivity index (χ1) is 11.5. The number of aromatic nitrogens is 1. The van der Waals surface area contributed by atoms with Gasteiger partial charge < -0.3 is 24.4 Å². The summed E-state index contributed by atoms with van der Waals surface area (Å²) in [6.45, 7) is 3.61. The molecular weight excluding hydrogens is 312 g/mol. The molecule has 0 aliphatic rings. The second-order valence-electron chi connectivity index (χ2n) is 5.41. The highest BCUT2D eigenvalue weighted by atomic mass is 16.5. The van der Waals surface area contributed by atoms with Crippen molar-refractivity contribution in [1.82, 2.24) is 10.5 Å². The first-order valence-electron chi connectivity index (χ1n) is 7.54. The number of carbonyl (C=O) groups excluding carboxylic acids is 1. The largest absolute Gasteiger partial charge is 0.497 e. The Balaban J connectivity index is 2.00. The van der Waals surface area contributed by atoms with Crippen molar-refractivity contribution in [2.45, 2.75) is 26.4 Å². The zero-order valence-corrected chi connectivity index (χ0v) is 14.3. The van der Waals surface area contributed by atoms with E-state index in [2.05, 4.69) is 10.5 Å². The lowest BCUT2D eigenvalue weighted by Gasteiger charge is -2.16. The maximum Gasteiger partial charge on any atom is 0.224 e. The number of rotatable bonds is 7. The minimum atomic E-state index is -0.913. The summed E-state index contributed by atoms with van der Waals surface area (Å²) >= 11 is 0. The Labute approximate surface area is 140 Å². The van der Waals surface area contributed by atoms with Crippen molar-refractivity contribution in [3.8, 4) is 11.5 Å². The van der Waals surface area contributed by atoms with E-state index in [1.54, 1.807) is 39.2 Å². The number of nitrogens with one attached hydrogen (secondary N) is 1. The lowest BCUT2D eigenvalue weighted by atomic mass is 10.1. The standard InChI is InChI=1S/C17H22N2O5/c1-10-13(11(2)24-19-10)8-17(21)18-9-15(20)14-7-12(22-3)5-6-16(14)23-4/h5-7,15,20H,8-9H2,1-4H3,(H,18,21)/t15-/m0/s1. The van der Waals surface area contributed by atoms with Gasteiger partial charge in [-0.3, -0.25) is 4.79 Å². The predicted octanol–water partition coefficient (Wildman–Crippen LogP) is 1.70. The van der Waals surface area contributed by atoms with E-state index in [0.717, 1.165) is 5.56 Å². The molecule has 0 saturated heterocycles. The van der Waals surface area contributed by atoms with Gasteiger partial charge in [0.05, 0.1) is 32.4 Å². The van der Waals surface area contributed by atoms with E-state index in [0.29, 0.717) is 28.5 Å². The van der Waals surface area contributed by atoms with Gasteiger partial charge in [-0.25, -0.2) is 0 Å². The van der Waals surface area contributed by atoms with E-state index in [-0.39, 0.29) is 18.9 Å². The summed E-state index contributed by atoms with van der Waals surface area (Å²) in [5.41, 5.74) is 2.01. The van der Waals surface area contributed by atoms with Crippen LogP contribution < -0.4 is 14.8 Å². The molecule has 24 heavy (non-hydrogen) atoms. The van der Waals surface area contributed by atoms with Crippen LogP contribution in [0.3, 0.4) is 0 Å². The normalized spacial score (nSPS) is 11.9. The predicted molar refractivity (Wildman–Crippen MR) is 87.2 cm³/mol. The summed E-state index contributed by atoms with van der Waals surface area (Å²) in [6, 6.07) is 5.14. The molecule has 1 aromatic carbocycles. The first kappa shape index (κ1) is 17.8. The number of carbonyl (C=O) groups is 1. The van der Waals surface area contributed by atoms with Gasteiger partial charge in [-0.05, 0) is 32.0 Å². The fourth-order valence-electron chi connectivity index (χ4n) is 2.40. The Hall–Kier alpha value is -2.54. The number of amides is 1. The second-order valence-corrected chi connectivity index (χ2v) is 5.41. The molecular formula is C17H22N2O5. The zero-order valence-electron chi connectivity index (χ0n) is 14.3. The summed E-state index contributed by atoms with van der Waals surface area (Å²) in [7, 11) is 3.07. The molecule has 0 bridgehead atoms. The van der Waals surface area contributed by atoms with Crippen molar-refractivity contribution >= 4 is 5.91 Å². The minimum Gasteiger partial charge on any atom is -0.497 e. The molecule has 2 aromatic rings. The number of aryl methyl sites for hydroxylation is 2. The summed E-state index contributed by atoms with van der Waals surface area (Å²) < 4.78 is 15.4. The van der Waals surface area contributed by atoms with Crippen molar-refractivity contribution < 1.29 is 23.9 Å². The minimum absolute atomic E-state index is 0.0612. The average Bonchev–Trinajstić information content (AvgIpc) is 2.90. The lowest BCUT2D eigenvalue weighted by molar-refractivity contribution is -0.120. The molecule has 0 aliphatic heterocycles. The van der Waals surface area contributed by atoms with E-state index in [4.69, 9.17) is 14.0 Å². The Morgan fingerprint density at radius 2 is 2.08 bits per heavy atom. The molecule has 7 nitrogen and oxygen atoms in total. The number of methoxy groups -OCH3 is 2. The second kappa shape index (κ2) is 7.83. The highest BCUT2D eigenvalue weighted by Crippen LogP contribution is 2.29. The third kappa shape index (κ3) is 4.05. The monoisotopic (exact) mass is 334 g/mol. The van der Waals surface area contributed by atoms with Crippen LogP contribution in [0.15, 0.2) is 22.7 Å². The van der Waals surface area contributed by atoms with Gasteiger partial charge in [0.1, 0.15) is 17.3 Å². The van der Waals surface area contributed by atoms with Gasteiger partial charge in [0.15, 0.2) is 0 Å². The van der Waals surface area contributed by atoms with Gasteiger partial charge in [-0.1, -0.05) is 5.16 Å². The highest BCUT2D eigenvalue weighted by Gasteiger charge is 2.17. The fourth-order valence-corrected chi connectivity index (χ4v) is 2.40. The SMILES string of the molecule is COc1ccc(OC)c([C@@H](O)CNC(=O)Cc2c(C)noc2C)c1. The third-order valence-electron chi connectivity index (χ3n) is 3.81. The average molecular weight is 334 g/mol. The molecule has 1 aromatic heterocycles. The zero-order chi connectivity index (χ0) is 17.7. The van der Waals surface area contributed by atoms with Crippen molar-refractivity contribution in [2.75, 3.05) is 20.8 Å². The van der Waals surface area contributed by atoms with Crippen LogP contribution in [0, 0.1) is 13.8 Å². The lowest BCUT2D eigenvalue weighted by Crippen LogP contribution is -2.30. The van der Waals surface area contributed by atoms with Gasteiger partial charge >= 0.3 is 0 Å². The van der Waals surface area contributed by atoms with Crippen molar-refractivity contribution in [3.05, 3.63) is 40.8 Å². The van der Waals surface area contributed by atoms with Gasteiger partial charge in [0, 0.05) is 17.7 Å². The smallest absolute Gasteiger partial charge is 0.224 e. The molecule has 7 heteroatoms.